The second-order valence-electron chi connectivity index (χ2n) is 4.90. The summed E-state index contributed by atoms with van der Waals surface area (Å²) in [4.78, 5) is 12.3. The molecule has 0 aliphatic heterocycles. The lowest BCUT2D eigenvalue weighted by molar-refractivity contribution is 0.0697. The third-order valence-corrected chi connectivity index (χ3v) is 4.39. The van der Waals surface area contributed by atoms with Gasteiger partial charge < -0.3 is 9.84 Å². The number of nitrogens with zero attached hydrogens (tertiary/aromatic N) is 2. The molecule has 0 atom stereocenters. The molecule has 0 unspecified atom stereocenters. The minimum Gasteiger partial charge on any atom is -0.485 e. The third kappa shape index (κ3) is 3.64. The molecule has 0 amide bonds. The number of hydrogen-bond donors (Lipinski definition) is 1. The predicted molar refractivity (Wildman–Crippen MR) is 82.2 cm³/mol. The van der Waals surface area contributed by atoms with Crippen molar-refractivity contribution in [1.82, 2.24) is 9.78 Å². The van der Waals surface area contributed by atoms with Crippen molar-refractivity contribution in [3.05, 3.63) is 33.8 Å². The van der Waals surface area contributed by atoms with Gasteiger partial charge in [-0.25, -0.2) is 4.79 Å². The molecule has 0 aliphatic carbocycles. The Morgan fingerprint density at radius 1 is 1.48 bits per heavy atom. The number of aryl methyl sites for hydroxylation is 1. The molecule has 0 radical (unpaired) electrons. The van der Waals surface area contributed by atoms with E-state index in [2.05, 4.69) is 18.9 Å². The Balaban J connectivity index is 2.05. The SMILES string of the molecule is CCC(CC)n1ccc(COc2cc(C)sc2C(=O)O)n1. The highest BCUT2D eigenvalue weighted by Crippen LogP contribution is 2.29. The van der Waals surface area contributed by atoms with Crippen molar-refractivity contribution >= 4 is 17.3 Å². The molecule has 21 heavy (non-hydrogen) atoms. The predicted octanol–water partition coefficient (Wildman–Crippen LogP) is 3.89. The third-order valence-electron chi connectivity index (χ3n) is 3.37. The van der Waals surface area contributed by atoms with Gasteiger partial charge in [-0.05, 0) is 31.9 Å². The maximum Gasteiger partial charge on any atom is 0.349 e. The smallest absolute Gasteiger partial charge is 0.349 e. The number of aromatic carboxylic acids is 1. The fraction of sp³-hybridized carbons (Fsp3) is 0.467. The number of hydrogen-bond acceptors (Lipinski definition) is 4. The van der Waals surface area contributed by atoms with E-state index in [1.54, 1.807) is 6.07 Å². The van der Waals surface area contributed by atoms with Crippen molar-refractivity contribution < 1.29 is 14.6 Å². The van der Waals surface area contributed by atoms with Crippen molar-refractivity contribution in [3.8, 4) is 5.75 Å². The quantitative estimate of drug-likeness (QED) is 0.842. The van der Waals surface area contributed by atoms with E-state index in [9.17, 15) is 4.79 Å². The largest absolute Gasteiger partial charge is 0.485 e. The number of rotatable bonds is 7. The summed E-state index contributed by atoms with van der Waals surface area (Å²) in [6, 6.07) is 4.07. The molecule has 0 fully saturated rings. The van der Waals surface area contributed by atoms with E-state index in [1.165, 1.54) is 11.3 Å². The molecule has 0 bridgehead atoms. The summed E-state index contributed by atoms with van der Waals surface area (Å²) in [6.07, 6.45) is 4.02. The molecular weight excluding hydrogens is 288 g/mol. The summed E-state index contributed by atoms with van der Waals surface area (Å²) in [5, 5.41) is 13.6. The average Bonchev–Trinajstić information content (AvgIpc) is 3.05. The van der Waals surface area contributed by atoms with Gasteiger partial charge in [0, 0.05) is 11.1 Å². The van der Waals surface area contributed by atoms with E-state index in [1.807, 2.05) is 23.9 Å². The molecular formula is C15H20N2O3S. The van der Waals surface area contributed by atoms with Crippen LogP contribution in [0.5, 0.6) is 5.75 Å². The Morgan fingerprint density at radius 3 is 2.81 bits per heavy atom. The highest BCUT2D eigenvalue weighted by Gasteiger charge is 2.16. The first-order chi connectivity index (χ1) is 10.0. The summed E-state index contributed by atoms with van der Waals surface area (Å²) in [5.74, 6) is -0.534. The summed E-state index contributed by atoms with van der Waals surface area (Å²) in [5.41, 5.74) is 0.807. The zero-order valence-corrected chi connectivity index (χ0v) is 13.3. The summed E-state index contributed by atoms with van der Waals surface area (Å²) >= 11 is 1.22. The minimum atomic E-state index is -0.953. The molecule has 2 aromatic heterocycles. The van der Waals surface area contributed by atoms with Crippen LogP contribution in [0.1, 0.15) is 53.0 Å². The molecule has 0 aliphatic rings. The van der Waals surface area contributed by atoms with Gasteiger partial charge in [0.1, 0.15) is 12.4 Å². The van der Waals surface area contributed by atoms with E-state index in [-0.39, 0.29) is 11.5 Å². The number of carbonyl (C=O) groups is 1. The van der Waals surface area contributed by atoms with Crippen LogP contribution in [0.15, 0.2) is 18.3 Å². The molecule has 1 N–H and O–H groups in total. The number of carboxylic acids is 1. The zero-order chi connectivity index (χ0) is 15.4. The van der Waals surface area contributed by atoms with Crippen molar-refractivity contribution in [1.29, 1.82) is 0 Å². The van der Waals surface area contributed by atoms with Gasteiger partial charge in [-0.15, -0.1) is 11.3 Å². The number of thiophene rings is 1. The molecule has 2 rings (SSSR count). The Morgan fingerprint density at radius 2 is 2.19 bits per heavy atom. The molecule has 5 nitrogen and oxygen atoms in total. The van der Waals surface area contributed by atoms with E-state index in [4.69, 9.17) is 9.84 Å². The van der Waals surface area contributed by atoms with Gasteiger partial charge in [-0.3, -0.25) is 4.68 Å². The van der Waals surface area contributed by atoms with Crippen LogP contribution in [0.25, 0.3) is 0 Å². The Hall–Kier alpha value is -1.82. The Kier molecular flexibility index (Phi) is 5.01. The fourth-order valence-electron chi connectivity index (χ4n) is 2.22. The molecule has 114 valence electrons. The standard InChI is InChI=1S/C15H20N2O3S/c1-4-12(5-2)17-7-6-11(16-17)9-20-13-8-10(3)21-14(13)15(18)19/h6-8,12H,4-5,9H2,1-3H3,(H,18,19). The van der Waals surface area contributed by atoms with Gasteiger partial charge in [0.25, 0.3) is 0 Å². The van der Waals surface area contributed by atoms with Crippen LogP contribution in [-0.4, -0.2) is 20.9 Å². The van der Waals surface area contributed by atoms with Crippen molar-refractivity contribution in [2.45, 2.75) is 46.3 Å². The van der Waals surface area contributed by atoms with E-state index in [0.717, 1.165) is 23.4 Å². The molecule has 2 aromatic rings. The van der Waals surface area contributed by atoms with Crippen LogP contribution >= 0.6 is 11.3 Å². The molecule has 0 aromatic carbocycles. The monoisotopic (exact) mass is 308 g/mol. The topological polar surface area (TPSA) is 64.3 Å². The first-order valence-corrected chi connectivity index (χ1v) is 7.87. The van der Waals surface area contributed by atoms with Crippen molar-refractivity contribution in [2.24, 2.45) is 0 Å². The highest BCUT2D eigenvalue weighted by atomic mass is 32.1. The molecule has 6 heteroatoms. The van der Waals surface area contributed by atoms with Crippen LogP contribution in [0.2, 0.25) is 0 Å². The second-order valence-corrected chi connectivity index (χ2v) is 6.16. The van der Waals surface area contributed by atoms with E-state index >= 15 is 0 Å². The van der Waals surface area contributed by atoms with E-state index < -0.39 is 5.97 Å². The van der Waals surface area contributed by atoms with Gasteiger partial charge in [-0.2, -0.15) is 5.10 Å². The lowest BCUT2D eigenvalue weighted by Gasteiger charge is -2.12. The number of carboxylic acid groups (broad SMARTS) is 1. The Labute approximate surface area is 128 Å². The fourth-order valence-corrected chi connectivity index (χ4v) is 3.01. The average molecular weight is 308 g/mol. The zero-order valence-electron chi connectivity index (χ0n) is 12.5. The normalized spacial score (nSPS) is 11.0. The van der Waals surface area contributed by atoms with Crippen molar-refractivity contribution in [3.63, 3.8) is 0 Å². The lowest BCUT2D eigenvalue weighted by atomic mass is 10.2. The van der Waals surface area contributed by atoms with Gasteiger partial charge in [0.15, 0.2) is 4.88 Å². The van der Waals surface area contributed by atoms with Crippen LogP contribution in [0, 0.1) is 6.92 Å². The van der Waals surface area contributed by atoms with Gasteiger partial charge >= 0.3 is 5.97 Å². The van der Waals surface area contributed by atoms with Crippen LogP contribution < -0.4 is 4.74 Å². The lowest BCUT2D eigenvalue weighted by Crippen LogP contribution is -2.08. The minimum absolute atomic E-state index is 0.243. The Bertz CT molecular complexity index is 614. The van der Waals surface area contributed by atoms with Crippen molar-refractivity contribution in [2.75, 3.05) is 0 Å². The molecule has 0 spiro atoms. The summed E-state index contributed by atoms with van der Waals surface area (Å²) in [7, 11) is 0. The second kappa shape index (κ2) is 6.76. The van der Waals surface area contributed by atoms with Crippen LogP contribution in [0.4, 0.5) is 0 Å². The van der Waals surface area contributed by atoms with Gasteiger partial charge in [0.2, 0.25) is 0 Å². The maximum absolute atomic E-state index is 11.1. The molecule has 2 heterocycles. The first-order valence-electron chi connectivity index (χ1n) is 7.05. The maximum atomic E-state index is 11.1. The first kappa shape index (κ1) is 15.6. The van der Waals surface area contributed by atoms with Gasteiger partial charge in [0.05, 0.1) is 11.7 Å². The van der Waals surface area contributed by atoms with Crippen LogP contribution in [-0.2, 0) is 6.61 Å². The number of aromatic nitrogens is 2. The number of ether oxygens (including phenoxy) is 1. The highest BCUT2D eigenvalue weighted by molar-refractivity contribution is 7.14. The van der Waals surface area contributed by atoms with Gasteiger partial charge in [-0.1, -0.05) is 13.8 Å². The molecule has 0 saturated carbocycles. The molecule has 0 saturated heterocycles. The van der Waals surface area contributed by atoms with Crippen LogP contribution in [0.3, 0.4) is 0 Å². The summed E-state index contributed by atoms with van der Waals surface area (Å²) in [6.45, 7) is 6.42. The van der Waals surface area contributed by atoms with E-state index in [0.29, 0.717) is 11.8 Å². The summed E-state index contributed by atoms with van der Waals surface area (Å²) < 4.78 is 7.57.